The van der Waals surface area contributed by atoms with E-state index in [2.05, 4.69) is 22.1 Å². The number of carbonyl (C=O) groups excluding carboxylic acids is 2. The number of hydrogen-bond donors (Lipinski definition) is 1. The monoisotopic (exact) mass is 396 g/mol. The molecule has 1 N–H and O–H groups in total. The van der Waals surface area contributed by atoms with Gasteiger partial charge in [-0.15, -0.1) is 0 Å². The molecule has 1 heterocycles. The van der Waals surface area contributed by atoms with Gasteiger partial charge in [-0.3, -0.25) is 4.79 Å². The van der Waals surface area contributed by atoms with E-state index in [1.165, 1.54) is 37.7 Å². The van der Waals surface area contributed by atoms with Crippen LogP contribution in [0.4, 0.5) is 0 Å². The molecule has 0 aromatic carbocycles. The Kier molecular flexibility index (Phi) is 11.3. The first-order valence-corrected chi connectivity index (χ1v) is 11.0. The number of nitrogens with zero attached hydrogens (tertiary/aromatic N) is 1. The molecule has 1 amide bonds. The zero-order chi connectivity index (χ0) is 20.1. The normalized spacial score (nSPS) is 12.7. The van der Waals surface area contributed by atoms with Crippen molar-refractivity contribution in [2.75, 3.05) is 27.7 Å². The molecule has 0 aliphatic carbocycles. The molecule has 0 fully saturated rings. The number of likely N-dealkylation sites (N-methyl/N-ethyl adjacent to an activating group) is 1. The molecule has 0 aliphatic heterocycles. The smallest absolute Gasteiger partial charge is 0.220 e. The van der Waals surface area contributed by atoms with Gasteiger partial charge in [-0.05, 0) is 41.7 Å². The van der Waals surface area contributed by atoms with Crippen LogP contribution in [0, 0.1) is 0 Å². The average Bonchev–Trinajstić information content (AvgIpc) is 3.04. The molecule has 0 bridgehead atoms. The van der Waals surface area contributed by atoms with Gasteiger partial charge in [0, 0.05) is 18.8 Å². The van der Waals surface area contributed by atoms with Crippen LogP contribution in [0.25, 0.3) is 0 Å². The third-order valence-corrected chi connectivity index (χ3v) is 5.23. The molecule has 5 nitrogen and oxygen atoms in total. The minimum absolute atomic E-state index is 0.0505. The average molecular weight is 397 g/mol. The molecule has 1 aromatic rings. The largest absolute Gasteiger partial charge is 0.550 e. The lowest BCUT2D eigenvalue weighted by Crippen LogP contribution is -2.50. The maximum Gasteiger partial charge on any atom is 0.220 e. The number of quaternary nitrogens is 1. The maximum absolute atomic E-state index is 12.1. The Morgan fingerprint density at radius 1 is 1.07 bits per heavy atom. The number of carbonyl (C=O) groups is 2. The van der Waals surface area contributed by atoms with Gasteiger partial charge in [-0.25, -0.2) is 0 Å². The van der Waals surface area contributed by atoms with E-state index >= 15 is 0 Å². The van der Waals surface area contributed by atoms with Gasteiger partial charge in [-0.1, -0.05) is 32.1 Å². The molecule has 6 heteroatoms. The van der Waals surface area contributed by atoms with Gasteiger partial charge in [0.2, 0.25) is 5.91 Å². The minimum Gasteiger partial charge on any atom is -0.550 e. The lowest BCUT2D eigenvalue weighted by Gasteiger charge is -2.30. The third kappa shape index (κ3) is 13.4. The summed E-state index contributed by atoms with van der Waals surface area (Å²) in [6.45, 7) is 0.575. The molecule has 0 saturated carbocycles. The van der Waals surface area contributed by atoms with Crippen LogP contribution >= 0.6 is 11.3 Å². The summed E-state index contributed by atoms with van der Waals surface area (Å²) < 4.78 is 0.602. The Morgan fingerprint density at radius 3 is 2.26 bits per heavy atom. The Bertz CT molecular complexity index is 538. The molecule has 1 atom stereocenters. The molecule has 27 heavy (non-hydrogen) atoms. The molecule has 154 valence electrons. The second-order valence-electron chi connectivity index (χ2n) is 8.42. The molecule has 0 spiro atoms. The zero-order valence-electron chi connectivity index (χ0n) is 17.2. The first-order valence-electron chi connectivity index (χ1n) is 10.1. The summed E-state index contributed by atoms with van der Waals surface area (Å²) in [4.78, 5) is 23.0. The fourth-order valence-electron chi connectivity index (χ4n) is 3.26. The standard InChI is InChI=1S/C21H36N2O3S/c1-23(2,3)16-19(15-21(25)26)22-20(24)12-10-8-6-4-5-7-9-11-18-13-14-27-17-18/h13-14,17,19H,4-12,15-16H2,1-3H3,(H-,22,24,25,26)/t19-/m1/s1. The van der Waals surface area contributed by atoms with Crippen LogP contribution in [0.3, 0.4) is 0 Å². The molecule has 1 rings (SSSR count). The first kappa shape index (κ1) is 23.6. The van der Waals surface area contributed by atoms with Crippen molar-refractivity contribution < 1.29 is 19.2 Å². The summed E-state index contributed by atoms with van der Waals surface area (Å²) in [5, 5.41) is 18.1. The van der Waals surface area contributed by atoms with Crippen molar-refractivity contribution in [3.8, 4) is 0 Å². The van der Waals surface area contributed by atoms with Gasteiger partial charge >= 0.3 is 0 Å². The number of aliphatic carboxylic acids is 1. The highest BCUT2D eigenvalue weighted by atomic mass is 32.1. The van der Waals surface area contributed by atoms with Crippen molar-refractivity contribution in [2.24, 2.45) is 0 Å². The Labute approximate surface area is 168 Å². The number of aryl methyl sites for hydroxylation is 1. The summed E-state index contributed by atoms with van der Waals surface area (Å²) in [5.41, 5.74) is 1.45. The van der Waals surface area contributed by atoms with E-state index in [9.17, 15) is 14.7 Å². The van der Waals surface area contributed by atoms with Crippen LogP contribution in [0.2, 0.25) is 0 Å². The van der Waals surface area contributed by atoms with E-state index in [1.54, 1.807) is 11.3 Å². The van der Waals surface area contributed by atoms with Crippen molar-refractivity contribution in [3.05, 3.63) is 22.4 Å². The van der Waals surface area contributed by atoms with Crippen molar-refractivity contribution in [3.63, 3.8) is 0 Å². The van der Waals surface area contributed by atoms with Gasteiger partial charge in [0.05, 0.1) is 33.7 Å². The van der Waals surface area contributed by atoms with Crippen molar-refractivity contribution in [1.29, 1.82) is 0 Å². The topological polar surface area (TPSA) is 69.2 Å². The van der Waals surface area contributed by atoms with Gasteiger partial charge in [0.15, 0.2) is 0 Å². The summed E-state index contributed by atoms with van der Waals surface area (Å²) in [6, 6.07) is 1.83. The predicted octanol–water partition coefficient (Wildman–Crippen LogP) is 2.74. The van der Waals surface area contributed by atoms with E-state index < -0.39 is 5.97 Å². The van der Waals surface area contributed by atoms with Gasteiger partial charge in [-0.2, -0.15) is 11.3 Å². The minimum atomic E-state index is -1.12. The molecule has 1 aromatic heterocycles. The number of unbranched alkanes of at least 4 members (excludes halogenated alkanes) is 6. The van der Waals surface area contributed by atoms with Gasteiger partial charge in [0.1, 0.15) is 0 Å². The van der Waals surface area contributed by atoms with E-state index in [0.717, 1.165) is 19.3 Å². The summed E-state index contributed by atoms with van der Waals surface area (Å²) >= 11 is 1.76. The fraction of sp³-hybridized carbons (Fsp3) is 0.714. The Hall–Kier alpha value is -1.40. The van der Waals surface area contributed by atoms with Crippen LogP contribution in [-0.2, 0) is 16.0 Å². The van der Waals surface area contributed by atoms with E-state index in [4.69, 9.17) is 0 Å². The molecule has 0 radical (unpaired) electrons. The summed E-state index contributed by atoms with van der Waals surface area (Å²) in [5.74, 6) is -1.17. The number of amides is 1. The highest BCUT2D eigenvalue weighted by molar-refractivity contribution is 7.07. The predicted molar refractivity (Wildman–Crippen MR) is 109 cm³/mol. The molecule has 0 saturated heterocycles. The van der Waals surface area contributed by atoms with Crippen LogP contribution in [-0.4, -0.2) is 50.1 Å². The number of thiophene rings is 1. The third-order valence-electron chi connectivity index (χ3n) is 4.50. The zero-order valence-corrected chi connectivity index (χ0v) is 18.0. The SMILES string of the molecule is C[N+](C)(C)C[C@@H](CC(=O)[O-])NC(=O)CCCCCCCCCc1ccsc1. The Morgan fingerprint density at radius 2 is 1.70 bits per heavy atom. The van der Waals surface area contributed by atoms with Crippen LogP contribution in [0.5, 0.6) is 0 Å². The molecule has 0 aliphatic rings. The van der Waals surface area contributed by atoms with Gasteiger partial charge in [0.25, 0.3) is 0 Å². The Balaban J connectivity index is 2.05. The lowest BCUT2D eigenvalue weighted by atomic mass is 10.1. The highest BCUT2D eigenvalue weighted by Gasteiger charge is 2.20. The maximum atomic E-state index is 12.1. The van der Waals surface area contributed by atoms with E-state index in [-0.39, 0.29) is 18.4 Å². The lowest BCUT2D eigenvalue weighted by molar-refractivity contribution is -0.871. The van der Waals surface area contributed by atoms with Crippen LogP contribution < -0.4 is 10.4 Å². The number of rotatable bonds is 15. The number of carboxylic acid groups (broad SMARTS) is 1. The van der Waals surface area contributed by atoms with Crippen molar-refractivity contribution in [2.45, 2.75) is 70.3 Å². The summed E-state index contributed by atoms with van der Waals surface area (Å²) in [6.07, 6.45) is 9.61. The second kappa shape index (κ2) is 12.9. The van der Waals surface area contributed by atoms with Crippen molar-refractivity contribution in [1.82, 2.24) is 5.32 Å². The van der Waals surface area contributed by atoms with E-state index in [1.807, 2.05) is 21.1 Å². The number of carboxylic acids is 1. The van der Waals surface area contributed by atoms with Gasteiger partial charge < -0.3 is 19.7 Å². The quantitative estimate of drug-likeness (QED) is 0.366. The van der Waals surface area contributed by atoms with Crippen LogP contribution in [0.15, 0.2) is 16.8 Å². The summed E-state index contributed by atoms with van der Waals surface area (Å²) in [7, 11) is 5.94. The number of hydrogen-bond acceptors (Lipinski definition) is 4. The van der Waals surface area contributed by atoms with Crippen LogP contribution in [0.1, 0.15) is 63.4 Å². The fourth-order valence-corrected chi connectivity index (χ4v) is 3.96. The first-order chi connectivity index (χ1) is 12.8. The number of nitrogens with one attached hydrogen (secondary N) is 1. The van der Waals surface area contributed by atoms with E-state index in [0.29, 0.717) is 17.4 Å². The van der Waals surface area contributed by atoms with Crippen molar-refractivity contribution >= 4 is 23.2 Å². The molecular weight excluding hydrogens is 360 g/mol. The second-order valence-corrected chi connectivity index (χ2v) is 9.20. The highest BCUT2D eigenvalue weighted by Crippen LogP contribution is 2.13. The molecule has 0 unspecified atom stereocenters. The molecular formula is C21H36N2O3S.